The molecular formula is C20H20BrN5OS. The fraction of sp³-hybridized carbons (Fsp3) is 0.300. The van der Waals surface area contributed by atoms with E-state index in [0.717, 1.165) is 33.6 Å². The Hall–Kier alpha value is -2.19. The van der Waals surface area contributed by atoms with E-state index in [1.165, 1.54) is 12.8 Å². The number of rotatable bonds is 6. The normalized spacial score (nSPS) is 15.0. The molecule has 0 fully saturated rings. The van der Waals surface area contributed by atoms with Crippen LogP contribution in [0.4, 0.5) is 5.69 Å². The Kier molecular flexibility index (Phi) is 6.07. The maximum atomic E-state index is 6.22. The first-order valence-electron chi connectivity index (χ1n) is 9.26. The lowest BCUT2D eigenvalue weighted by molar-refractivity contribution is 0.220. The van der Waals surface area contributed by atoms with Gasteiger partial charge in [-0.05, 0) is 36.8 Å². The summed E-state index contributed by atoms with van der Waals surface area (Å²) in [6.07, 6.45) is 4.82. The number of benzene rings is 1. The van der Waals surface area contributed by atoms with Crippen molar-refractivity contribution in [3.8, 4) is 17.1 Å². The van der Waals surface area contributed by atoms with E-state index in [2.05, 4.69) is 48.3 Å². The minimum atomic E-state index is -0.461. The van der Waals surface area contributed by atoms with E-state index in [0.29, 0.717) is 16.7 Å². The molecule has 3 aromatic rings. The van der Waals surface area contributed by atoms with Gasteiger partial charge in [0.2, 0.25) is 17.3 Å². The van der Waals surface area contributed by atoms with Gasteiger partial charge in [-0.25, -0.2) is 0 Å². The Bertz CT molecular complexity index is 957. The third-order valence-electron chi connectivity index (χ3n) is 4.32. The Morgan fingerprint density at radius 2 is 2.11 bits per heavy atom. The van der Waals surface area contributed by atoms with Crippen LogP contribution in [0, 0.1) is 0 Å². The van der Waals surface area contributed by atoms with Crippen molar-refractivity contribution in [1.29, 1.82) is 0 Å². The highest BCUT2D eigenvalue weighted by molar-refractivity contribution is 9.10. The lowest BCUT2D eigenvalue weighted by Gasteiger charge is -2.18. The van der Waals surface area contributed by atoms with Crippen molar-refractivity contribution in [3.05, 3.63) is 52.8 Å². The van der Waals surface area contributed by atoms with E-state index >= 15 is 0 Å². The summed E-state index contributed by atoms with van der Waals surface area (Å²) in [5.41, 5.74) is 3.20. The van der Waals surface area contributed by atoms with Gasteiger partial charge in [-0.3, -0.25) is 4.98 Å². The molecule has 1 aromatic carbocycles. The summed E-state index contributed by atoms with van der Waals surface area (Å²) in [4.78, 5) is 9.09. The van der Waals surface area contributed by atoms with Gasteiger partial charge in [0.25, 0.3) is 0 Å². The minimum Gasteiger partial charge on any atom is -0.446 e. The smallest absolute Gasteiger partial charge is 0.247 e. The van der Waals surface area contributed by atoms with Gasteiger partial charge in [-0.2, -0.15) is 4.98 Å². The molecule has 1 aliphatic heterocycles. The first-order chi connectivity index (χ1) is 13.7. The molecule has 2 aromatic heterocycles. The summed E-state index contributed by atoms with van der Waals surface area (Å²) < 4.78 is 7.17. The molecule has 1 N–H and O–H groups in total. The van der Waals surface area contributed by atoms with Crippen molar-refractivity contribution >= 4 is 33.4 Å². The molecule has 6 nitrogen and oxygen atoms in total. The van der Waals surface area contributed by atoms with Crippen molar-refractivity contribution < 1.29 is 4.74 Å². The number of hydrogen-bond donors (Lipinski definition) is 1. The van der Waals surface area contributed by atoms with Crippen LogP contribution in [0.15, 0.2) is 52.2 Å². The second-order valence-electron chi connectivity index (χ2n) is 6.39. The number of hydrogen-bond acceptors (Lipinski definition) is 7. The predicted octanol–water partition coefficient (Wildman–Crippen LogP) is 5.48. The molecule has 8 heteroatoms. The maximum absolute atomic E-state index is 6.22. The molecule has 1 aliphatic rings. The van der Waals surface area contributed by atoms with Crippen molar-refractivity contribution in [3.63, 3.8) is 0 Å². The highest BCUT2D eigenvalue weighted by Gasteiger charge is 2.27. The van der Waals surface area contributed by atoms with Crippen LogP contribution in [0.3, 0.4) is 0 Å². The van der Waals surface area contributed by atoms with E-state index in [-0.39, 0.29) is 0 Å². The number of thioether (sulfide) groups is 1. The van der Waals surface area contributed by atoms with E-state index in [1.807, 2.05) is 36.4 Å². The molecule has 0 saturated carbocycles. The highest BCUT2D eigenvalue weighted by atomic mass is 79.9. The molecule has 0 unspecified atom stereocenters. The fourth-order valence-corrected chi connectivity index (χ4v) is 4.05. The molecule has 0 spiro atoms. The van der Waals surface area contributed by atoms with Gasteiger partial charge in [0.05, 0.1) is 0 Å². The molecule has 4 rings (SSSR count). The van der Waals surface area contributed by atoms with Crippen molar-refractivity contribution in [2.75, 3.05) is 11.1 Å². The highest BCUT2D eigenvalue weighted by Crippen LogP contribution is 2.40. The average Bonchev–Trinajstić information content (AvgIpc) is 2.88. The van der Waals surface area contributed by atoms with Crippen LogP contribution in [0.25, 0.3) is 11.3 Å². The molecule has 3 heterocycles. The van der Waals surface area contributed by atoms with Crippen LogP contribution in [-0.4, -0.2) is 25.9 Å². The van der Waals surface area contributed by atoms with Gasteiger partial charge in [0.1, 0.15) is 5.69 Å². The van der Waals surface area contributed by atoms with Gasteiger partial charge in [0.15, 0.2) is 5.69 Å². The largest absolute Gasteiger partial charge is 0.446 e. The second-order valence-corrected chi connectivity index (χ2v) is 8.37. The van der Waals surface area contributed by atoms with Gasteiger partial charge < -0.3 is 10.1 Å². The number of ether oxygens (including phenoxy) is 1. The molecule has 0 saturated heterocycles. The van der Waals surface area contributed by atoms with Crippen LogP contribution in [-0.2, 0) is 0 Å². The molecule has 28 heavy (non-hydrogen) atoms. The number of fused-ring (bicyclic) bond motifs is 3. The Labute approximate surface area is 176 Å². The summed E-state index contributed by atoms with van der Waals surface area (Å²) in [5.74, 6) is 1.44. The van der Waals surface area contributed by atoms with Crippen molar-refractivity contribution in [2.45, 2.75) is 37.6 Å². The lowest BCUT2D eigenvalue weighted by atomic mass is 10.1. The molecule has 0 bridgehead atoms. The first-order valence-corrected chi connectivity index (χ1v) is 11.0. The first kappa shape index (κ1) is 19.1. The zero-order valence-electron chi connectivity index (χ0n) is 15.4. The van der Waals surface area contributed by atoms with E-state index in [9.17, 15) is 0 Å². The monoisotopic (exact) mass is 457 g/mol. The number of anilines is 1. The number of unbranched alkanes of at least 4 members (excludes halogenated alkanes) is 2. The average molecular weight is 458 g/mol. The Balaban J connectivity index is 1.71. The Morgan fingerprint density at radius 1 is 1.18 bits per heavy atom. The molecule has 0 aliphatic carbocycles. The Morgan fingerprint density at radius 3 is 2.93 bits per heavy atom. The zero-order chi connectivity index (χ0) is 19.3. The summed E-state index contributed by atoms with van der Waals surface area (Å²) in [7, 11) is 0. The van der Waals surface area contributed by atoms with E-state index < -0.39 is 6.23 Å². The maximum Gasteiger partial charge on any atom is 0.247 e. The minimum absolute atomic E-state index is 0.461. The summed E-state index contributed by atoms with van der Waals surface area (Å²) in [5, 5.41) is 12.8. The van der Waals surface area contributed by atoms with Gasteiger partial charge in [-0.15, -0.1) is 10.2 Å². The number of aromatic nitrogens is 4. The quantitative estimate of drug-likeness (QED) is 0.387. The molecule has 0 radical (unpaired) electrons. The second kappa shape index (κ2) is 8.87. The molecular weight excluding hydrogens is 438 g/mol. The number of nitrogens with zero attached hydrogens (tertiary/aromatic N) is 4. The number of pyridine rings is 1. The van der Waals surface area contributed by atoms with Crippen LogP contribution >= 0.6 is 27.7 Å². The molecule has 144 valence electrons. The molecule has 0 amide bonds. The van der Waals surface area contributed by atoms with E-state index in [1.54, 1.807) is 18.0 Å². The fourth-order valence-electron chi connectivity index (χ4n) is 2.91. The van der Waals surface area contributed by atoms with E-state index in [4.69, 9.17) is 4.74 Å². The van der Waals surface area contributed by atoms with Crippen LogP contribution in [0.1, 0.15) is 38.1 Å². The van der Waals surface area contributed by atoms with Gasteiger partial charge in [-0.1, -0.05) is 53.5 Å². The van der Waals surface area contributed by atoms with Crippen LogP contribution in [0.2, 0.25) is 0 Å². The lowest BCUT2D eigenvalue weighted by Crippen LogP contribution is -2.18. The predicted molar refractivity (Wildman–Crippen MR) is 114 cm³/mol. The zero-order valence-corrected chi connectivity index (χ0v) is 17.8. The summed E-state index contributed by atoms with van der Waals surface area (Å²) >= 11 is 5.15. The number of nitrogens with one attached hydrogen (secondary N) is 1. The topological polar surface area (TPSA) is 72.8 Å². The third-order valence-corrected chi connectivity index (χ3v) is 5.74. The van der Waals surface area contributed by atoms with Gasteiger partial charge in [0, 0.05) is 27.7 Å². The SMILES string of the molecule is CCCCCSc1nnc2c(n1)O[C@@H](c1ccccn1)Nc1ccc(Br)cc1-2. The van der Waals surface area contributed by atoms with Crippen molar-refractivity contribution in [1.82, 2.24) is 20.2 Å². The summed E-state index contributed by atoms with van der Waals surface area (Å²) in [6, 6.07) is 11.7. The van der Waals surface area contributed by atoms with Gasteiger partial charge >= 0.3 is 0 Å². The molecule has 1 atom stereocenters. The summed E-state index contributed by atoms with van der Waals surface area (Å²) in [6.45, 7) is 2.19. The number of halogens is 1. The van der Waals surface area contributed by atoms with Crippen LogP contribution in [0.5, 0.6) is 5.88 Å². The third kappa shape index (κ3) is 4.28. The van der Waals surface area contributed by atoms with Crippen molar-refractivity contribution in [2.24, 2.45) is 0 Å². The standard InChI is InChI=1S/C20H20BrN5OS/c1-2-3-6-11-28-20-24-19-17(25-26-20)14-12-13(21)8-9-15(14)23-18(27-19)16-7-4-5-10-22-16/h4-5,7-10,12,18,23H,2-3,6,11H2,1H3/t18-/m0/s1. The van der Waals surface area contributed by atoms with Crippen LogP contribution < -0.4 is 10.1 Å².